The summed E-state index contributed by atoms with van der Waals surface area (Å²) < 4.78 is 8.86. The van der Waals surface area contributed by atoms with Gasteiger partial charge in [0.25, 0.3) is 0 Å². The Balaban J connectivity index is 2.40. The lowest BCUT2D eigenvalue weighted by Crippen LogP contribution is -2.25. The van der Waals surface area contributed by atoms with Crippen LogP contribution in [-0.2, 0) is 13.5 Å². The van der Waals surface area contributed by atoms with Gasteiger partial charge < -0.3 is 9.73 Å². The first-order chi connectivity index (χ1) is 9.86. The molecule has 4 nitrogen and oxygen atoms in total. The third-order valence-electron chi connectivity index (χ3n) is 4.08. The molecule has 0 aliphatic carbocycles. The lowest BCUT2D eigenvalue weighted by Gasteiger charge is -2.19. The van der Waals surface area contributed by atoms with E-state index in [1.165, 1.54) is 16.8 Å². The Morgan fingerprint density at radius 3 is 2.33 bits per heavy atom. The van der Waals surface area contributed by atoms with Crippen LogP contribution in [0.15, 0.2) is 8.89 Å². The number of nitrogens with one attached hydrogen (secondary N) is 1. The zero-order valence-corrected chi connectivity index (χ0v) is 15.3. The highest BCUT2D eigenvalue weighted by Gasteiger charge is 2.23. The van der Waals surface area contributed by atoms with E-state index >= 15 is 0 Å². The normalized spacial score (nSPS) is 12.9. The maximum atomic E-state index is 5.80. The van der Waals surface area contributed by atoms with Crippen LogP contribution in [0.5, 0.6) is 0 Å². The Hall–Kier alpha value is -1.07. The molecule has 0 fully saturated rings. The standard InChI is InChI=1S/C16H24BrN3O/c1-7-18-13(15-9(2)11(4)21-12(15)5)8-14-16(17)10(3)19-20(14)6/h13,18H,7-8H2,1-6H3. The lowest BCUT2D eigenvalue weighted by molar-refractivity contribution is 0.480. The molecule has 0 spiro atoms. The molecule has 1 N–H and O–H groups in total. The molecule has 0 saturated carbocycles. The van der Waals surface area contributed by atoms with E-state index in [1.807, 2.05) is 32.5 Å². The van der Waals surface area contributed by atoms with Crippen molar-refractivity contribution < 1.29 is 4.42 Å². The first-order valence-corrected chi connectivity index (χ1v) is 8.13. The van der Waals surface area contributed by atoms with Gasteiger partial charge in [0.2, 0.25) is 0 Å². The van der Waals surface area contributed by atoms with E-state index < -0.39 is 0 Å². The molecule has 0 aliphatic rings. The number of halogens is 1. The molecule has 0 bridgehead atoms. The van der Waals surface area contributed by atoms with E-state index in [9.17, 15) is 0 Å². The van der Waals surface area contributed by atoms with Crippen molar-refractivity contribution in [2.45, 2.75) is 47.1 Å². The lowest BCUT2D eigenvalue weighted by atomic mass is 9.98. The van der Waals surface area contributed by atoms with E-state index in [-0.39, 0.29) is 6.04 Å². The van der Waals surface area contributed by atoms with Gasteiger partial charge in [-0.25, -0.2) is 0 Å². The third-order valence-corrected chi connectivity index (χ3v) is 5.11. The SMILES string of the molecule is CCNC(Cc1c(Br)c(C)nn1C)c1c(C)oc(C)c1C. The molecule has 1 atom stereocenters. The van der Waals surface area contributed by atoms with Crippen molar-refractivity contribution in [3.8, 4) is 0 Å². The summed E-state index contributed by atoms with van der Waals surface area (Å²) >= 11 is 3.66. The summed E-state index contributed by atoms with van der Waals surface area (Å²) in [5.41, 5.74) is 4.75. The largest absolute Gasteiger partial charge is 0.466 e. The third kappa shape index (κ3) is 3.09. The van der Waals surface area contributed by atoms with Gasteiger partial charge in [0, 0.05) is 25.1 Å². The van der Waals surface area contributed by atoms with E-state index in [4.69, 9.17) is 4.42 Å². The molecule has 0 aliphatic heterocycles. The van der Waals surface area contributed by atoms with Crippen LogP contribution in [-0.4, -0.2) is 16.3 Å². The van der Waals surface area contributed by atoms with Crippen molar-refractivity contribution in [2.75, 3.05) is 6.54 Å². The molecule has 0 amide bonds. The second-order valence-corrected chi connectivity index (χ2v) is 6.33. The highest BCUT2D eigenvalue weighted by atomic mass is 79.9. The zero-order chi connectivity index (χ0) is 15.7. The molecule has 21 heavy (non-hydrogen) atoms. The Kier molecular flexibility index (Phi) is 4.94. The summed E-state index contributed by atoms with van der Waals surface area (Å²) in [7, 11) is 2.00. The minimum Gasteiger partial charge on any atom is -0.466 e. The number of rotatable bonds is 5. The first kappa shape index (κ1) is 16.3. The predicted octanol–water partition coefficient (Wildman–Crippen LogP) is 3.90. The van der Waals surface area contributed by atoms with Gasteiger partial charge in [-0.2, -0.15) is 5.10 Å². The summed E-state index contributed by atoms with van der Waals surface area (Å²) in [5, 5.41) is 8.07. The van der Waals surface area contributed by atoms with Gasteiger partial charge in [0.1, 0.15) is 11.5 Å². The molecule has 116 valence electrons. The Morgan fingerprint density at radius 2 is 1.90 bits per heavy atom. The molecule has 5 heteroatoms. The second-order valence-electron chi connectivity index (χ2n) is 5.54. The van der Waals surface area contributed by atoms with Crippen LogP contribution in [0.2, 0.25) is 0 Å². The van der Waals surface area contributed by atoms with Crippen molar-refractivity contribution in [1.82, 2.24) is 15.1 Å². The fraction of sp³-hybridized carbons (Fsp3) is 0.562. The van der Waals surface area contributed by atoms with Crippen molar-refractivity contribution in [3.63, 3.8) is 0 Å². The number of aryl methyl sites for hydroxylation is 4. The van der Waals surface area contributed by atoms with Crippen molar-refractivity contribution in [1.29, 1.82) is 0 Å². The van der Waals surface area contributed by atoms with Gasteiger partial charge in [0.05, 0.1) is 15.9 Å². The average Bonchev–Trinajstić information content (AvgIpc) is 2.80. The fourth-order valence-corrected chi connectivity index (χ4v) is 3.44. The second kappa shape index (κ2) is 6.36. The quantitative estimate of drug-likeness (QED) is 0.886. The summed E-state index contributed by atoms with van der Waals surface area (Å²) in [6.45, 7) is 11.3. The number of hydrogen-bond donors (Lipinski definition) is 1. The Labute approximate surface area is 135 Å². The summed E-state index contributed by atoms with van der Waals surface area (Å²) in [4.78, 5) is 0. The summed E-state index contributed by atoms with van der Waals surface area (Å²) in [5.74, 6) is 2.01. The smallest absolute Gasteiger partial charge is 0.106 e. The number of furan rings is 1. The zero-order valence-electron chi connectivity index (χ0n) is 13.7. The van der Waals surface area contributed by atoms with Crippen LogP contribution in [0.3, 0.4) is 0 Å². The number of likely N-dealkylation sites (N-methyl/N-ethyl adjacent to an activating group) is 1. The van der Waals surface area contributed by atoms with E-state index in [0.717, 1.165) is 34.7 Å². The highest BCUT2D eigenvalue weighted by molar-refractivity contribution is 9.10. The number of aromatic nitrogens is 2. The van der Waals surface area contributed by atoms with Crippen LogP contribution in [0, 0.1) is 27.7 Å². The van der Waals surface area contributed by atoms with Gasteiger partial charge in [-0.05, 0) is 55.7 Å². The molecule has 2 heterocycles. The van der Waals surface area contributed by atoms with Gasteiger partial charge in [-0.1, -0.05) is 6.92 Å². The highest BCUT2D eigenvalue weighted by Crippen LogP contribution is 2.31. The topological polar surface area (TPSA) is 43.0 Å². The van der Waals surface area contributed by atoms with Crippen LogP contribution in [0.25, 0.3) is 0 Å². The van der Waals surface area contributed by atoms with Gasteiger partial charge in [0.15, 0.2) is 0 Å². The van der Waals surface area contributed by atoms with Gasteiger partial charge in [-0.3, -0.25) is 4.68 Å². The van der Waals surface area contributed by atoms with Gasteiger partial charge in [-0.15, -0.1) is 0 Å². The minimum absolute atomic E-state index is 0.235. The minimum atomic E-state index is 0.235. The molecule has 0 radical (unpaired) electrons. The van der Waals surface area contributed by atoms with E-state index in [1.54, 1.807) is 0 Å². The molecule has 2 rings (SSSR count). The number of nitrogens with zero attached hydrogens (tertiary/aromatic N) is 2. The molecule has 0 aromatic carbocycles. The Bertz CT molecular complexity index is 642. The van der Waals surface area contributed by atoms with Crippen molar-refractivity contribution in [2.24, 2.45) is 7.05 Å². The summed E-state index contributed by atoms with van der Waals surface area (Å²) in [6.07, 6.45) is 0.881. The van der Waals surface area contributed by atoms with Crippen LogP contribution in [0.4, 0.5) is 0 Å². The summed E-state index contributed by atoms with van der Waals surface area (Å²) in [6, 6.07) is 0.235. The van der Waals surface area contributed by atoms with Crippen LogP contribution in [0.1, 0.15) is 47.0 Å². The maximum Gasteiger partial charge on any atom is 0.106 e. The van der Waals surface area contributed by atoms with E-state index in [2.05, 4.69) is 40.2 Å². The predicted molar refractivity (Wildman–Crippen MR) is 88.7 cm³/mol. The molecule has 1 unspecified atom stereocenters. The Morgan fingerprint density at radius 1 is 1.24 bits per heavy atom. The molecule has 2 aromatic rings. The van der Waals surface area contributed by atoms with Crippen LogP contribution < -0.4 is 5.32 Å². The number of hydrogen-bond acceptors (Lipinski definition) is 3. The van der Waals surface area contributed by atoms with E-state index in [0.29, 0.717) is 0 Å². The average molecular weight is 354 g/mol. The van der Waals surface area contributed by atoms with Gasteiger partial charge >= 0.3 is 0 Å². The van der Waals surface area contributed by atoms with Crippen molar-refractivity contribution >= 4 is 15.9 Å². The van der Waals surface area contributed by atoms with Crippen LogP contribution >= 0.6 is 15.9 Å². The maximum absolute atomic E-state index is 5.80. The molecule has 0 saturated heterocycles. The molecular formula is C16H24BrN3O. The fourth-order valence-electron chi connectivity index (χ4n) is 2.94. The first-order valence-electron chi connectivity index (χ1n) is 7.34. The van der Waals surface area contributed by atoms with Crippen molar-refractivity contribution in [3.05, 3.63) is 38.5 Å². The monoisotopic (exact) mass is 353 g/mol. The molecule has 2 aromatic heterocycles. The molecular weight excluding hydrogens is 330 g/mol.